The summed E-state index contributed by atoms with van der Waals surface area (Å²) in [7, 11) is 0. The van der Waals surface area contributed by atoms with E-state index in [4.69, 9.17) is 16.9 Å². The monoisotopic (exact) mass is 198 g/mol. The van der Waals surface area contributed by atoms with Gasteiger partial charge in [0.05, 0.1) is 5.57 Å². The number of amides is 1. The van der Waals surface area contributed by atoms with Crippen molar-refractivity contribution in [2.24, 2.45) is 11.5 Å². The molecule has 0 bridgehead atoms. The summed E-state index contributed by atoms with van der Waals surface area (Å²) in [6.07, 6.45) is 2.68. The van der Waals surface area contributed by atoms with E-state index in [2.05, 4.69) is 5.32 Å². The quantitative estimate of drug-likeness (QED) is 0.358. The van der Waals surface area contributed by atoms with Crippen LogP contribution in [-0.4, -0.2) is 18.2 Å². The average Bonchev–Trinajstić information content (AvgIpc) is 2.14. The molecule has 0 aliphatic heterocycles. The van der Waals surface area contributed by atoms with Gasteiger partial charge in [-0.1, -0.05) is 13.8 Å². The molecule has 0 saturated heterocycles. The smallest absolute Gasteiger partial charge is 0.253 e. The van der Waals surface area contributed by atoms with Crippen molar-refractivity contribution >= 4 is 12.1 Å². The third-order valence-electron chi connectivity index (χ3n) is 2.05. The van der Waals surface area contributed by atoms with E-state index in [9.17, 15) is 4.79 Å². The highest BCUT2D eigenvalue weighted by Gasteiger charge is 2.10. The first-order valence-electron chi connectivity index (χ1n) is 4.63. The number of rotatable bonds is 6. The van der Waals surface area contributed by atoms with Crippen LogP contribution in [0.3, 0.4) is 0 Å². The molecule has 0 spiro atoms. The molecule has 80 valence electrons. The number of nitrogens with one attached hydrogen (secondary N) is 2. The Hall–Kier alpha value is -1.52. The highest BCUT2D eigenvalue weighted by Crippen LogP contribution is 2.00. The molecule has 14 heavy (non-hydrogen) atoms. The van der Waals surface area contributed by atoms with Crippen molar-refractivity contribution in [2.45, 2.75) is 32.7 Å². The lowest BCUT2D eigenvalue weighted by molar-refractivity contribution is -0.114. The highest BCUT2D eigenvalue weighted by molar-refractivity contribution is 6.11. The minimum Gasteiger partial charge on any atom is -0.385 e. The van der Waals surface area contributed by atoms with Crippen molar-refractivity contribution in [3.63, 3.8) is 0 Å². The first-order valence-corrected chi connectivity index (χ1v) is 4.63. The second-order valence-electron chi connectivity index (χ2n) is 2.99. The van der Waals surface area contributed by atoms with Crippen molar-refractivity contribution in [1.29, 1.82) is 5.41 Å². The van der Waals surface area contributed by atoms with Crippen LogP contribution in [0.1, 0.15) is 26.7 Å². The van der Waals surface area contributed by atoms with Crippen LogP contribution in [0.25, 0.3) is 0 Å². The van der Waals surface area contributed by atoms with Crippen LogP contribution < -0.4 is 16.8 Å². The molecule has 1 amide bonds. The zero-order chi connectivity index (χ0) is 11.1. The maximum Gasteiger partial charge on any atom is 0.253 e. The molecule has 6 N–H and O–H groups in total. The Morgan fingerprint density at radius 1 is 1.43 bits per heavy atom. The maximum atomic E-state index is 10.8. The number of carbonyl (C=O) groups excluding carboxylic acids is 1. The zero-order valence-electron chi connectivity index (χ0n) is 8.63. The van der Waals surface area contributed by atoms with Crippen LogP contribution in [-0.2, 0) is 4.79 Å². The summed E-state index contributed by atoms with van der Waals surface area (Å²) in [5.74, 6) is -0.503. The number of primary amides is 1. The average molecular weight is 198 g/mol. The Bertz CT molecular complexity index is 243. The van der Waals surface area contributed by atoms with E-state index < -0.39 is 5.91 Å². The fraction of sp³-hybridized carbons (Fsp3) is 0.556. The van der Waals surface area contributed by atoms with Gasteiger partial charge in [-0.05, 0) is 12.8 Å². The Labute approximate surface area is 84.0 Å². The Morgan fingerprint density at radius 2 is 1.93 bits per heavy atom. The van der Waals surface area contributed by atoms with E-state index in [0.29, 0.717) is 0 Å². The molecule has 0 heterocycles. The van der Waals surface area contributed by atoms with Crippen molar-refractivity contribution in [1.82, 2.24) is 5.32 Å². The number of hydrogen-bond donors (Lipinski definition) is 4. The molecule has 0 unspecified atom stereocenters. The molecule has 5 nitrogen and oxygen atoms in total. The molecule has 0 aromatic rings. The normalized spacial score (nSPS) is 12.2. The topological polar surface area (TPSA) is 105 Å². The number of carbonyl (C=O) groups is 1. The molecular formula is C9H18N4O. The Balaban J connectivity index is 4.62. The van der Waals surface area contributed by atoms with E-state index >= 15 is 0 Å². The molecule has 0 aliphatic rings. The number of nitrogens with two attached hydrogens (primary N) is 2. The van der Waals surface area contributed by atoms with E-state index in [1.165, 1.54) is 0 Å². The standard InChI is InChI=1S/C9H18N4O/c1-3-6(4-2)13-8(11)7(5-10)9(12)14/h5-6,10,13H,3-4,11H2,1-2H3,(H2,12,14)/b8-7+,10-5?. The molecule has 0 radical (unpaired) electrons. The van der Waals surface area contributed by atoms with Gasteiger partial charge >= 0.3 is 0 Å². The van der Waals surface area contributed by atoms with Crippen LogP contribution >= 0.6 is 0 Å². The van der Waals surface area contributed by atoms with Gasteiger partial charge in [-0.3, -0.25) is 4.79 Å². The summed E-state index contributed by atoms with van der Waals surface area (Å²) in [6, 6.07) is 0.212. The highest BCUT2D eigenvalue weighted by atomic mass is 16.1. The molecule has 0 aromatic carbocycles. The van der Waals surface area contributed by atoms with Crippen LogP contribution in [0.5, 0.6) is 0 Å². The van der Waals surface area contributed by atoms with Gasteiger partial charge in [0.2, 0.25) is 0 Å². The fourth-order valence-electron chi connectivity index (χ4n) is 1.07. The van der Waals surface area contributed by atoms with Gasteiger partial charge in [-0.25, -0.2) is 0 Å². The van der Waals surface area contributed by atoms with E-state index in [-0.39, 0.29) is 17.4 Å². The minimum absolute atomic E-state index is 0.0249. The van der Waals surface area contributed by atoms with Crippen molar-refractivity contribution in [3.8, 4) is 0 Å². The minimum atomic E-state index is -0.684. The van der Waals surface area contributed by atoms with Gasteiger partial charge < -0.3 is 22.2 Å². The molecule has 0 atom stereocenters. The maximum absolute atomic E-state index is 10.8. The summed E-state index contributed by atoms with van der Waals surface area (Å²) < 4.78 is 0. The zero-order valence-corrected chi connectivity index (χ0v) is 8.63. The first-order chi connectivity index (χ1) is 6.56. The van der Waals surface area contributed by atoms with Crippen molar-refractivity contribution in [2.75, 3.05) is 0 Å². The van der Waals surface area contributed by atoms with Crippen molar-refractivity contribution in [3.05, 3.63) is 11.4 Å². The summed E-state index contributed by atoms with van der Waals surface area (Å²) in [4.78, 5) is 10.8. The molecule has 0 rings (SSSR count). The van der Waals surface area contributed by atoms with Gasteiger partial charge in [0.25, 0.3) is 5.91 Å². The summed E-state index contributed by atoms with van der Waals surface area (Å²) >= 11 is 0. The third-order valence-corrected chi connectivity index (χ3v) is 2.05. The van der Waals surface area contributed by atoms with Gasteiger partial charge in [0.1, 0.15) is 5.82 Å². The summed E-state index contributed by atoms with van der Waals surface area (Å²) in [5.41, 5.74) is 10.7. The fourth-order valence-corrected chi connectivity index (χ4v) is 1.07. The summed E-state index contributed by atoms with van der Waals surface area (Å²) in [6.45, 7) is 4.03. The first kappa shape index (κ1) is 12.5. The summed E-state index contributed by atoms with van der Waals surface area (Å²) in [5, 5.41) is 9.93. The molecule has 0 aromatic heterocycles. The molecule has 0 aliphatic carbocycles. The van der Waals surface area contributed by atoms with Gasteiger partial charge in [0.15, 0.2) is 0 Å². The van der Waals surface area contributed by atoms with Crippen LogP contribution in [0, 0.1) is 5.41 Å². The van der Waals surface area contributed by atoms with E-state index in [1.54, 1.807) is 0 Å². The van der Waals surface area contributed by atoms with Crippen LogP contribution in [0.2, 0.25) is 0 Å². The van der Waals surface area contributed by atoms with E-state index in [0.717, 1.165) is 19.1 Å². The number of hydrogen-bond acceptors (Lipinski definition) is 4. The predicted molar refractivity (Wildman–Crippen MR) is 56.7 cm³/mol. The van der Waals surface area contributed by atoms with Gasteiger partial charge in [0, 0.05) is 12.3 Å². The Kier molecular flexibility index (Phi) is 5.36. The van der Waals surface area contributed by atoms with Gasteiger partial charge in [-0.15, -0.1) is 0 Å². The molecule has 0 saturated carbocycles. The molecular weight excluding hydrogens is 180 g/mol. The van der Waals surface area contributed by atoms with Crippen LogP contribution in [0.4, 0.5) is 0 Å². The SMILES string of the molecule is CCC(CC)N/C(N)=C(\C=N)C(N)=O. The molecule has 5 heteroatoms. The lowest BCUT2D eigenvalue weighted by atomic mass is 10.1. The lowest BCUT2D eigenvalue weighted by Crippen LogP contribution is -2.34. The lowest BCUT2D eigenvalue weighted by Gasteiger charge is -2.17. The molecule has 0 fully saturated rings. The third kappa shape index (κ3) is 3.47. The van der Waals surface area contributed by atoms with Gasteiger partial charge in [-0.2, -0.15) is 0 Å². The second-order valence-corrected chi connectivity index (χ2v) is 2.99. The van der Waals surface area contributed by atoms with E-state index in [1.807, 2.05) is 13.8 Å². The van der Waals surface area contributed by atoms with Crippen LogP contribution in [0.15, 0.2) is 11.4 Å². The van der Waals surface area contributed by atoms with Crippen molar-refractivity contribution < 1.29 is 4.79 Å². The predicted octanol–water partition coefficient (Wildman–Crippen LogP) is 0.0698. The largest absolute Gasteiger partial charge is 0.385 e. The second kappa shape index (κ2) is 6.01. The Morgan fingerprint density at radius 3 is 2.21 bits per heavy atom.